The van der Waals surface area contributed by atoms with Gasteiger partial charge in [0.1, 0.15) is 17.3 Å². The van der Waals surface area contributed by atoms with Crippen molar-refractivity contribution in [3.63, 3.8) is 0 Å². The minimum atomic E-state index is 0.0128. The van der Waals surface area contributed by atoms with Crippen molar-refractivity contribution in [1.29, 1.82) is 0 Å². The van der Waals surface area contributed by atoms with E-state index >= 15 is 0 Å². The van der Waals surface area contributed by atoms with Crippen molar-refractivity contribution >= 4 is 11.6 Å². The molecule has 2 aromatic rings. The third kappa shape index (κ3) is 5.92. The zero-order chi connectivity index (χ0) is 19.8. The van der Waals surface area contributed by atoms with Crippen LogP contribution >= 0.6 is 0 Å². The van der Waals surface area contributed by atoms with Crippen molar-refractivity contribution in [2.45, 2.75) is 32.2 Å². The van der Waals surface area contributed by atoms with Crippen molar-refractivity contribution in [3.05, 3.63) is 42.5 Å². The van der Waals surface area contributed by atoms with Crippen molar-refractivity contribution in [1.82, 2.24) is 14.9 Å². The molecule has 0 aliphatic carbocycles. The molecule has 1 aromatic carbocycles. The highest BCUT2D eigenvalue weighted by Crippen LogP contribution is 2.26. The van der Waals surface area contributed by atoms with Crippen LogP contribution in [0.25, 0.3) is 0 Å². The first kappa shape index (κ1) is 20.1. The van der Waals surface area contributed by atoms with Gasteiger partial charge in [-0.05, 0) is 37.8 Å². The van der Waals surface area contributed by atoms with Crippen LogP contribution in [0.3, 0.4) is 0 Å². The Bertz CT molecular complexity index is 747. The van der Waals surface area contributed by atoms with Gasteiger partial charge < -0.3 is 14.8 Å². The number of amides is 1. The summed E-state index contributed by atoms with van der Waals surface area (Å²) in [5, 5.41) is 2.95. The van der Waals surface area contributed by atoms with Gasteiger partial charge in [0.25, 0.3) is 0 Å². The van der Waals surface area contributed by atoms with E-state index in [1.54, 1.807) is 44.8 Å². The molecule has 28 heavy (non-hydrogen) atoms. The second kappa shape index (κ2) is 10.0. The zero-order valence-electron chi connectivity index (χ0n) is 16.6. The Labute approximate surface area is 166 Å². The van der Waals surface area contributed by atoms with E-state index in [9.17, 15) is 4.79 Å². The van der Waals surface area contributed by atoms with E-state index < -0.39 is 0 Å². The summed E-state index contributed by atoms with van der Waals surface area (Å²) < 4.78 is 10.5. The highest BCUT2D eigenvalue weighted by atomic mass is 16.5. The molecule has 1 atom stereocenters. The van der Waals surface area contributed by atoms with E-state index in [1.807, 2.05) is 6.07 Å². The molecule has 0 spiro atoms. The van der Waals surface area contributed by atoms with E-state index in [2.05, 4.69) is 20.2 Å². The number of carbonyl (C=O) groups is 1. The second-order valence-electron chi connectivity index (χ2n) is 7.10. The van der Waals surface area contributed by atoms with Crippen LogP contribution in [0.1, 0.15) is 31.5 Å². The predicted molar refractivity (Wildman–Crippen MR) is 107 cm³/mol. The number of likely N-dealkylation sites (tertiary alicyclic amines) is 1. The third-order valence-electron chi connectivity index (χ3n) is 5.00. The number of carbonyl (C=O) groups excluding carboxylic acids is 1. The molecule has 1 aliphatic rings. The molecule has 7 nitrogen and oxygen atoms in total. The second-order valence-corrected chi connectivity index (χ2v) is 7.10. The van der Waals surface area contributed by atoms with Crippen LogP contribution in [0.2, 0.25) is 0 Å². The Hall–Kier alpha value is -2.67. The Morgan fingerprint density at radius 3 is 2.57 bits per heavy atom. The summed E-state index contributed by atoms with van der Waals surface area (Å²) in [6.45, 7) is 2.82. The molecule has 3 rings (SSSR count). The maximum absolute atomic E-state index is 12.4. The van der Waals surface area contributed by atoms with Crippen LogP contribution < -0.4 is 14.8 Å². The number of anilines is 1. The summed E-state index contributed by atoms with van der Waals surface area (Å²) in [6, 6.07) is 7.20. The SMILES string of the molecule is COc1cc(NC(=O)CC[C@@H]2CCCN(Cc3ncccn3)C2)cc(OC)c1. The number of aromatic nitrogens is 2. The molecule has 1 N–H and O–H groups in total. The molecule has 2 heterocycles. The average Bonchev–Trinajstić information content (AvgIpc) is 2.73. The summed E-state index contributed by atoms with van der Waals surface area (Å²) in [7, 11) is 3.19. The summed E-state index contributed by atoms with van der Waals surface area (Å²) in [5.41, 5.74) is 0.688. The maximum atomic E-state index is 12.4. The molecule has 0 saturated carbocycles. The minimum absolute atomic E-state index is 0.0128. The standard InChI is InChI=1S/C21H28N4O3/c1-27-18-11-17(12-19(13-18)28-2)24-21(26)7-6-16-5-3-10-25(14-16)15-20-22-8-4-9-23-20/h4,8-9,11-13,16H,3,5-7,10,14-15H2,1-2H3,(H,24,26)/t16-/m0/s1. The van der Waals surface area contributed by atoms with Crippen LogP contribution in [0.15, 0.2) is 36.7 Å². The maximum Gasteiger partial charge on any atom is 0.224 e. The molecule has 7 heteroatoms. The molecule has 1 aliphatic heterocycles. The molecular weight excluding hydrogens is 356 g/mol. The number of nitrogens with one attached hydrogen (secondary N) is 1. The van der Waals surface area contributed by atoms with Gasteiger partial charge >= 0.3 is 0 Å². The number of piperidine rings is 1. The number of benzene rings is 1. The lowest BCUT2D eigenvalue weighted by molar-refractivity contribution is -0.116. The molecular formula is C21H28N4O3. The summed E-state index contributed by atoms with van der Waals surface area (Å²) in [5.74, 6) is 2.69. The first-order valence-corrected chi connectivity index (χ1v) is 9.67. The van der Waals surface area contributed by atoms with E-state index in [1.165, 1.54) is 0 Å². The van der Waals surface area contributed by atoms with Gasteiger partial charge in [-0.15, -0.1) is 0 Å². The van der Waals surface area contributed by atoms with E-state index in [-0.39, 0.29) is 5.91 Å². The van der Waals surface area contributed by atoms with E-state index in [0.29, 0.717) is 29.5 Å². The average molecular weight is 384 g/mol. The number of hydrogen-bond donors (Lipinski definition) is 1. The van der Waals surface area contributed by atoms with Crippen molar-refractivity contribution in [2.24, 2.45) is 5.92 Å². The lowest BCUT2D eigenvalue weighted by atomic mass is 9.93. The van der Waals surface area contributed by atoms with Gasteiger partial charge in [0.2, 0.25) is 5.91 Å². The number of rotatable bonds is 8. The van der Waals surface area contributed by atoms with Crippen molar-refractivity contribution in [2.75, 3.05) is 32.6 Å². The molecule has 1 amide bonds. The van der Waals surface area contributed by atoms with Gasteiger partial charge in [-0.25, -0.2) is 9.97 Å². The lowest BCUT2D eigenvalue weighted by Crippen LogP contribution is -2.35. The Morgan fingerprint density at radius 2 is 1.89 bits per heavy atom. The van der Waals surface area contributed by atoms with Gasteiger partial charge in [-0.1, -0.05) is 0 Å². The first-order chi connectivity index (χ1) is 13.7. The first-order valence-electron chi connectivity index (χ1n) is 9.67. The Morgan fingerprint density at radius 1 is 1.18 bits per heavy atom. The number of hydrogen-bond acceptors (Lipinski definition) is 6. The highest BCUT2D eigenvalue weighted by molar-refractivity contribution is 5.91. The number of ether oxygens (including phenoxy) is 2. The summed E-state index contributed by atoms with van der Waals surface area (Å²) in [6.07, 6.45) is 7.24. The lowest BCUT2D eigenvalue weighted by Gasteiger charge is -2.32. The van der Waals surface area contributed by atoms with E-state index in [4.69, 9.17) is 9.47 Å². The summed E-state index contributed by atoms with van der Waals surface area (Å²) >= 11 is 0. The largest absolute Gasteiger partial charge is 0.497 e. The van der Waals surface area contributed by atoms with Crippen LogP contribution in [0.4, 0.5) is 5.69 Å². The Kier molecular flexibility index (Phi) is 7.19. The molecule has 1 saturated heterocycles. The molecule has 1 aromatic heterocycles. The quantitative estimate of drug-likeness (QED) is 0.754. The number of methoxy groups -OCH3 is 2. The normalized spacial score (nSPS) is 17.1. The zero-order valence-corrected chi connectivity index (χ0v) is 16.6. The molecule has 0 bridgehead atoms. The minimum Gasteiger partial charge on any atom is -0.497 e. The van der Waals surface area contributed by atoms with Crippen LogP contribution in [-0.2, 0) is 11.3 Å². The predicted octanol–water partition coefficient (Wildman–Crippen LogP) is 3.12. The number of nitrogens with zero attached hydrogens (tertiary/aromatic N) is 3. The van der Waals surface area contributed by atoms with E-state index in [0.717, 1.165) is 44.7 Å². The van der Waals surface area contributed by atoms with Gasteiger partial charge in [0, 0.05) is 49.2 Å². The Balaban J connectivity index is 1.47. The fourth-order valence-electron chi connectivity index (χ4n) is 3.58. The fourth-order valence-corrected chi connectivity index (χ4v) is 3.58. The third-order valence-corrected chi connectivity index (χ3v) is 5.00. The van der Waals surface area contributed by atoms with Crippen molar-refractivity contribution < 1.29 is 14.3 Å². The molecule has 0 unspecified atom stereocenters. The smallest absolute Gasteiger partial charge is 0.224 e. The van der Waals surface area contributed by atoms with Crippen LogP contribution in [0.5, 0.6) is 11.5 Å². The molecule has 150 valence electrons. The summed E-state index contributed by atoms with van der Waals surface area (Å²) in [4.78, 5) is 23.4. The van der Waals surface area contributed by atoms with Crippen molar-refractivity contribution in [3.8, 4) is 11.5 Å². The van der Waals surface area contributed by atoms with Gasteiger partial charge in [-0.3, -0.25) is 9.69 Å². The highest BCUT2D eigenvalue weighted by Gasteiger charge is 2.21. The van der Waals surface area contributed by atoms with Crippen LogP contribution in [0, 0.1) is 5.92 Å². The van der Waals surface area contributed by atoms with Gasteiger partial charge in [0.15, 0.2) is 0 Å². The topological polar surface area (TPSA) is 76.6 Å². The van der Waals surface area contributed by atoms with Gasteiger partial charge in [0.05, 0.1) is 20.8 Å². The van der Waals surface area contributed by atoms with Gasteiger partial charge in [-0.2, -0.15) is 0 Å². The molecule has 0 radical (unpaired) electrons. The fraction of sp³-hybridized carbons (Fsp3) is 0.476. The van der Waals surface area contributed by atoms with Crippen LogP contribution in [-0.4, -0.2) is 48.1 Å². The monoisotopic (exact) mass is 384 g/mol. The molecule has 1 fully saturated rings.